The Labute approximate surface area is 129 Å². The molecule has 0 saturated heterocycles. The summed E-state index contributed by atoms with van der Waals surface area (Å²) in [4.78, 5) is 26.0. The minimum atomic E-state index is -0.528. The van der Waals surface area contributed by atoms with Gasteiger partial charge in [0.15, 0.2) is 5.69 Å². The van der Waals surface area contributed by atoms with E-state index in [0.717, 1.165) is 24.1 Å². The van der Waals surface area contributed by atoms with Crippen molar-refractivity contribution in [2.24, 2.45) is 0 Å². The molecule has 2 N–H and O–H groups in total. The van der Waals surface area contributed by atoms with Crippen molar-refractivity contribution in [3.05, 3.63) is 17.0 Å². The van der Waals surface area contributed by atoms with Crippen LogP contribution in [0.3, 0.4) is 0 Å². The largest absolute Gasteiger partial charge is 0.444 e. The fraction of sp³-hybridized carbons (Fsp3) is 0.667. The molecule has 1 aromatic heterocycles. The van der Waals surface area contributed by atoms with Gasteiger partial charge in [0.05, 0.1) is 6.54 Å². The molecule has 120 valence electrons. The van der Waals surface area contributed by atoms with Gasteiger partial charge in [-0.05, 0) is 33.6 Å². The lowest BCUT2D eigenvalue weighted by molar-refractivity contribution is 0.0222. The van der Waals surface area contributed by atoms with Crippen LogP contribution < -0.4 is 5.32 Å². The third kappa shape index (κ3) is 3.23. The second-order valence-electron chi connectivity index (χ2n) is 6.93. The molecule has 2 heterocycles. The minimum absolute atomic E-state index is 0.161. The third-order valence-corrected chi connectivity index (χ3v) is 3.71. The molecule has 1 fully saturated rings. The number of hydrogen-bond acceptors (Lipinski definition) is 4. The van der Waals surface area contributed by atoms with Crippen LogP contribution in [0.5, 0.6) is 0 Å². The second kappa shape index (κ2) is 5.30. The van der Waals surface area contributed by atoms with E-state index < -0.39 is 5.60 Å². The van der Waals surface area contributed by atoms with Crippen LogP contribution in [-0.4, -0.2) is 45.3 Å². The molecule has 7 nitrogen and oxygen atoms in total. The standard InChI is InChI=1S/C15H22N4O3/c1-15(2,3)22-14(21)19-7-6-11-10(8-19)12(18-17-11)13(20)16-9-4-5-9/h9H,4-8H2,1-3H3,(H,16,20)(H,17,18). The van der Waals surface area contributed by atoms with Crippen LogP contribution in [0.15, 0.2) is 0 Å². The smallest absolute Gasteiger partial charge is 0.410 e. The van der Waals surface area contributed by atoms with Crippen LogP contribution in [0.4, 0.5) is 4.79 Å². The normalized spacial score (nSPS) is 17.9. The van der Waals surface area contributed by atoms with Gasteiger partial charge >= 0.3 is 6.09 Å². The van der Waals surface area contributed by atoms with Crippen LogP contribution >= 0.6 is 0 Å². The zero-order valence-corrected chi connectivity index (χ0v) is 13.2. The first kappa shape index (κ1) is 14.9. The first-order valence-corrected chi connectivity index (χ1v) is 7.68. The first-order chi connectivity index (χ1) is 10.3. The van der Waals surface area contributed by atoms with Crippen LogP contribution in [-0.2, 0) is 17.7 Å². The number of amides is 2. The number of nitrogens with zero attached hydrogens (tertiary/aromatic N) is 2. The summed E-state index contributed by atoms with van der Waals surface area (Å²) in [5.74, 6) is -0.161. The van der Waals surface area contributed by atoms with Crippen molar-refractivity contribution in [1.82, 2.24) is 20.4 Å². The summed E-state index contributed by atoms with van der Waals surface area (Å²) < 4.78 is 5.40. The monoisotopic (exact) mass is 306 g/mol. The summed E-state index contributed by atoms with van der Waals surface area (Å²) in [6.45, 7) is 6.44. The Morgan fingerprint density at radius 2 is 2.09 bits per heavy atom. The van der Waals surface area contributed by atoms with Gasteiger partial charge in [0.2, 0.25) is 0 Å². The van der Waals surface area contributed by atoms with Gasteiger partial charge in [-0.2, -0.15) is 5.10 Å². The number of fused-ring (bicyclic) bond motifs is 1. The number of aromatic nitrogens is 2. The van der Waals surface area contributed by atoms with Crippen LogP contribution in [0, 0.1) is 0 Å². The molecule has 0 unspecified atom stereocenters. The van der Waals surface area contributed by atoms with Crippen molar-refractivity contribution in [1.29, 1.82) is 0 Å². The van der Waals surface area contributed by atoms with Crippen molar-refractivity contribution >= 4 is 12.0 Å². The van der Waals surface area contributed by atoms with Crippen LogP contribution in [0.2, 0.25) is 0 Å². The van der Waals surface area contributed by atoms with E-state index in [9.17, 15) is 9.59 Å². The number of hydrogen-bond donors (Lipinski definition) is 2. The highest BCUT2D eigenvalue weighted by Crippen LogP contribution is 2.24. The highest BCUT2D eigenvalue weighted by Gasteiger charge is 2.32. The maximum Gasteiger partial charge on any atom is 0.410 e. The van der Waals surface area contributed by atoms with Crippen LogP contribution in [0.25, 0.3) is 0 Å². The molecule has 0 atom stereocenters. The third-order valence-electron chi connectivity index (χ3n) is 3.71. The average Bonchev–Trinajstić information content (AvgIpc) is 3.13. The van der Waals surface area contributed by atoms with Gasteiger partial charge in [-0.1, -0.05) is 0 Å². The summed E-state index contributed by atoms with van der Waals surface area (Å²) in [5.41, 5.74) is 1.60. The summed E-state index contributed by atoms with van der Waals surface area (Å²) in [6, 6.07) is 0.283. The molecule has 0 bridgehead atoms. The first-order valence-electron chi connectivity index (χ1n) is 7.68. The predicted molar refractivity (Wildman–Crippen MR) is 79.4 cm³/mol. The molecule has 3 rings (SSSR count). The molecule has 1 saturated carbocycles. The molecule has 7 heteroatoms. The van der Waals surface area contributed by atoms with Crippen molar-refractivity contribution < 1.29 is 14.3 Å². The zero-order valence-electron chi connectivity index (χ0n) is 13.2. The molecular weight excluding hydrogens is 284 g/mol. The number of ether oxygens (including phenoxy) is 1. The Bertz CT molecular complexity index is 598. The molecule has 2 aliphatic rings. The van der Waals surface area contributed by atoms with Crippen molar-refractivity contribution in [2.45, 2.75) is 58.2 Å². The summed E-state index contributed by atoms with van der Waals surface area (Å²) in [5, 5.41) is 9.98. The molecule has 0 aromatic carbocycles. The Morgan fingerprint density at radius 1 is 1.36 bits per heavy atom. The molecule has 0 spiro atoms. The van der Waals surface area contributed by atoms with Gasteiger partial charge < -0.3 is 15.0 Å². The maximum absolute atomic E-state index is 12.2. The lowest BCUT2D eigenvalue weighted by atomic mass is 10.1. The Morgan fingerprint density at radius 3 is 2.73 bits per heavy atom. The molecular formula is C15H22N4O3. The fourth-order valence-electron chi connectivity index (χ4n) is 2.45. The summed E-state index contributed by atoms with van der Waals surface area (Å²) in [6.07, 6.45) is 2.36. The van der Waals surface area contributed by atoms with Gasteiger partial charge in [-0.15, -0.1) is 0 Å². The molecule has 1 aliphatic carbocycles. The van der Waals surface area contributed by atoms with E-state index in [1.165, 1.54) is 0 Å². The molecule has 22 heavy (non-hydrogen) atoms. The van der Waals surface area contributed by atoms with Gasteiger partial charge in [0.25, 0.3) is 5.91 Å². The van der Waals surface area contributed by atoms with Gasteiger partial charge in [0, 0.05) is 30.3 Å². The van der Waals surface area contributed by atoms with Gasteiger partial charge in [-0.25, -0.2) is 4.79 Å². The topological polar surface area (TPSA) is 87.3 Å². The Kier molecular flexibility index (Phi) is 3.58. The van der Waals surface area contributed by atoms with E-state index in [1.54, 1.807) is 4.90 Å². The SMILES string of the molecule is CC(C)(C)OC(=O)N1CCc2[nH]nc(C(=O)NC3CC3)c2C1. The van der Waals surface area contributed by atoms with E-state index in [4.69, 9.17) is 4.74 Å². The van der Waals surface area contributed by atoms with Crippen LogP contribution in [0.1, 0.15) is 55.4 Å². The van der Waals surface area contributed by atoms with Crippen molar-refractivity contribution in [2.75, 3.05) is 6.54 Å². The van der Waals surface area contributed by atoms with E-state index in [0.29, 0.717) is 25.2 Å². The Balaban J connectivity index is 1.72. The molecule has 2 amide bonds. The lowest BCUT2D eigenvalue weighted by Crippen LogP contribution is -2.40. The number of carbonyl (C=O) groups is 2. The van der Waals surface area contributed by atoms with Gasteiger partial charge in [0.1, 0.15) is 5.60 Å². The fourth-order valence-corrected chi connectivity index (χ4v) is 2.45. The van der Waals surface area contributed by atoms with E-state index >= 15 is 0 Å². The summed E-state index contributed by atoms with van der Waals surface area (Å²) in [7, 11) is 0. The van der Waals surface area contributed by atoms with Gasteiger partial charge in [-0.3, -0.25) is 9.89 Å². The highest BCUT2D eigenvalue weighted by atomic mass is 16.6. The predicted octanol–water partition coefficient (Wildman–Crippen LogP) is 1.60. The molecule has 0 radical (unpaired) electrons. The quantitative estimate of drug-likeness (QED) is 0.868. The lowest BCUT2D eigenvalue weighted by Gasteiger charge is -2.30. The number of aromatic amines is 1. The number of carbonyl (C=O) groups excluding carboxylic acids is 2. The number of H-pyrrole nitrogens is 1. The molecule has 1 aromatic rings. The van der Waals surface area contributed by atoms with Crippen molar-refractivity contribution in [3.63, 3.8) is 0 Å². The number of nitrogens with one attached hydrogen (secondary N) is 2. The van der Waals surface area contributed by atoms with E-state index in [1.807, 2.05) is 20.8 Å². The number of rotatable bonds is 2. The van der Waals surface area contributed by atoms with Crippen molar-refractivity contribution in [3.8, 4) is 0 Å². The molecule has 1 aliphatic heterocycles. The second-order valence-corrected chi connectivity index (χ2v) is 6.93. The highest BCUT2D eigenvalue weighted by molar-refractivity contribution is 5.94. The van der Waals surface area contributed by atoms with E-state index in [-0.39, 0.29) is 18.0 Å². The maximum atomic E-state index is 12.2. The zero-order chi connectivity index (χ0) is 15.9. The minimum Gasteiger partial charge on any atom is -0.444 e. The Hall–Kier alpha value is -2.05. The van der Waals surface area contributed by atoms with E-state index in [2.05, 4.69) is 15.5 Å². The average molecular weight is 306 g/mol. The summed E-state index contributed by atoms with van der Waals surface area (Å²) >= 11 is 0.